The highest BCUT2D eigenvalue weighted by Gasteiger charge is 2.27. The van der Waals surface area contributed by atoms with Gasteiger partial charge in [-0.15, -0.1) is 0 Å². The molecule has 0 atom stereocenters. The number of esters is 1. The minimum absolute atomic E-state index is 0.0347. The van der Waals surface area contributed by atoms with Gasteiger partial charge in [-0.1, -0.05) is 0 Å². The summed E-state index contributed by atoms with van der Waals surface area (Å²) in [7, 11) is 0. The van der Waals surface area contributed by atoms with Crippen LogP contribution < -0.4 is 15.0 Å². The first-order valence-corrected chi connectivity index (χ1v) is 10.1. The summed E-state index contributed by atoms with van der Waals surface area (Å²) >= 11 is 0. The largest absolute Gasteiger partial charge is 0.490 e. The third-order valence-corrected chi connectivity index (χ3v) is 5.87. The molecule has 0 bridgehead atoms. The average molecular weight is 393 g/mol. The lowest BCUT2D eigenvalue weighted by Crippen LogP contribution is -2.39. The molecule has 1 saturated heterocycles. The minimum atomic E-state index is -0.250. The Balaban J connectivity index is 1.25. The molecule has 5 rings (SSSR count). The van der Waals surface area contributed by atoms with E-state index in [9.17, 15) is 9.59 Å². The Kier molecular flexibility index (Phi) is 4.38. The first kappa shape index (κ1) is 18.0. The molecule has 7 nitrogen and oxygen atoms in total. The molecule has 1 aromatic heterocycles. The van der Waals surface area contributed by atoms with Crippen molar-refractivity contribution < 1.29 is 19.1 Å². The number of cyclic esters (lactones) is 1. The van der Waals surface area contributed by atoms with Crippen molar-refractivity contribution in [1.29, 1.82) is 0 Å². The first-order valence-electron chi connectivity index (χ1n) is 10.1. The van der Waals surface area contributed by atoms with Gasteiger partial charge in [-0.2, -0.15) is 0 Å². The van der Waals surface area contributed by atoms with Gasteiger partial charge < -0.3 is 19.7 Å². The fourth-order valence-corrected chi connectivity index (χ4v) is 4.31. The Morgan fingerprint density at radius 2 is 2.00 bits per heavy atom. The predicted molar refractivity (Wildman–Crippen MR) is 106 cm³/mol. The molecule has 1 amide bonds. The zero-order chi connectivity index (χ0) is 20.0. The molecule has 29 heavy (non-hydrogen) atoms. The number of piperidine rings is 1. The number of anilines is 1. The molecule has 1 N–H and O–H groups in total. The smallest absolute Gasteiger partial charge is 0.338 e. The lowest BCUT2D eigenvalue weighted by atomic mass is 10.0. The second-order valence-corrected chi connectivity index (χ2v) is 7.81. The summed E-state index contributed by atoms with van der Waals surface area (Å²) < 4.78 is 11.3. The summed E-state index contributed by atoms with van der Waals surface area (Å²) in [6.07, 6.45) is 2.67. The van der Waals surface area contributed by atoms with Crippen LogP contribution in [0.1, 0.15) is 50.4 Å². The number of benzene rings is 1. The molecule has 0 aliphatic carbocycles. The van der Waals surface area contributed by atoms with E-state index in [1.807, 2.05) is 25.1 Å². The van der Waals surface area contributed by atoms with Crippen molar-refractivity contribution >= 4 is 17.7 Å². The lowest BCUT2D eigenvalue weighted by molar-refractivity contribution is 0.0480. The SMILES string of the molecule is Cc1cc2c(nc1N1CCC(Oc3ccc4c(c3)CCOC4=O)CC1)CNC2=O. The Morgan fingerprint density at radius 3 is 2.83 bits per heavy atom. The van der Waals surface area contributed by atoms with Gasteiger partial charge in [0.1, 0.15) is 17.7 Å². The summed E-state index contributed by atoms with van der Waals surface area (Å²) in [5.41, 5.74) is 4.20. The highest BCUT2D eigenvalue weighted by Crippen LogP contribution is 2.28. The van der Waals surface area contributed by atoms with Crippen LogP contribution in [0.4, 0.5) is 5.82 Å². The van der Waals surface area contributed by atoms with Gasteiger partial charge in [0.15, 0.2) is 0 Å². The quantitative estimate of drug-likeness (QED) is 0.807. The number of aromatic nitrogens is 1. The van der Waals surface area contributed by atoms with Crippen LogP contribution in [0.15, 0.2) is 24.3 Å². The number of hydrogen-bond donors (Lipinski definition) is 1. The highest BCUT2D eigenvalue weighted by molar-refractivity contribution is 5.98. The van der Waals surface area contributed by atoms with Crippen LogP contribution in [0, 0.1) is 6.92 Å². The number of nitrogens with one attached hydrogen (secondary N) is 1. The maximum Gasteiger partial charge on any atom is 0.338 e. The van der Waals surface area contributed by atoms with E-state index in [0.717, 1.165) is 60.7 Å². The number of aryl methyl sites for hydroxylation is 1. The van der Waals surface area contributed by atoms with E-state index in [0.29, 0.717) is 24.3 Å². The third-order valence-electron chi connectivity index (χ3n) is 5.87. The number of amides is 1. The molecule has 2 aromatic rings. The van der Waals surface area contributed by atoms with Gasteiger partial charge >= 0.3 is 5.97 Å². The zero-order valence-corrected chi connectivity index (χ0v) is 16.4. The van der Waals surface area contributed by atoms with Crippen LogP contribution in [0.5, 0.6) is 5.75 Å². The van der Waals surface area contributed by atoms with Gasteiger partial charge in [0.05, 0.1) is 30.0 Å². The number of hydrogen-bond acceptors (Lipinski definition) is 6. The molecule has 150 valence electrons. The number of pyridine rings is 1. The van der Waals surface area contributed by atoms with Crippen LogP contribution in [0.25, 0.3) is 0 Å². The second kappa shape index (κ2) is 7.06. The van der Waals surface area contributed by atoms with Crippen LogP contribution in [-0.4, -0.2) is 42.7 Å². The summed E-state index contributed by atoms with van der Waals surface area (Å²) in [6.45, 7) is 4.66. The standard InChI is InChI=1S/C22H23N3O4/c1-13-10-18-19(12-23-21(18)26)24-20(13)25-7-4-15(5-8-25)29-16-2-3-17-14(11-16)6-9-28-22(17)27/h2-3,10-11,15H,4-9,12H2,1H3,(H,23,26). The Labute approximate surface area is 169 Å². The lowest BCUT2D eigenvalue weighted by Gasteiger charge is -2.34. The van der Waals surface area contributed by atoms with Crippen molar-refractivity contribution in [3.63, 3.8) is 0 Å². The van der Waals surface area contributed by atoms with Crippen molar-refractivity contribution in [3.05, 3.63) is 52.2 Å². The molecule has 0 spiro atoms. The van der Waals surface area contributed by atoms with Gasteiger partial charge in [-0.3, -0.25) is 4.79 Å². The van der Waals surface area contributed by atoms with E-state index in [2.05, 4.69) is 10.2 Å². The molecule has 4 heterocycles. The first-order chi connectivity index (χ1) is 14.1. The average Bonchev–Trinajstić information content (AvgIpc) is 3.08. The van der Waals surface area contributed by atoms with Crippen molar-refractivity contribution in [2.45, 2.75) is 38.8 Å². The van der Waals surface area contributed by atoms with E-state index in [1.165, 1.54) is 0 Å². The van der Waals surface area contributed by atoms with Crippen LogP contribution >= 0.6 is 0 Å². The topological polar surface area (TPSA) is 80.8 Å². The number of carbonyl (C=O) groups excluding carboxylic acids is 2. The van der Waals surface area contributed by atoms with Gasteiger partial charge in [0.25, 0.3) is 5.91 Å². The molecular formula is C22H23N3O4. The number of ether oxygens (including phenoxy) is 2. The van der Waals surface area contributed by atoms with Crippen molar-refractivity contribution in [2.24, 2.45) is 0 Å². The van der Waals surface area contributed by atoms with Crippen molar-refractivity contribution in [2.75, 3.05) is 24.6 Å². The summed E-state index contributed by atoms with van der Waals surface area (Å²) in [5.74, 6) is 1.49. The van der Waals surface area contributed by atoms with E-state index < -0.39 is 0 Å². The summed E-state index contributed by atoms with van der Waals surface area (Å²) in [6, 6.07) is 7.57. The Bertz CT molecular complexity index is 996. The fourth-order valence-electron chi connectivity index (χ4n) is 4.31. The van der Waals surface area contributed by atoms with Gasteiger partial charge in [-0.05, 0) is 42.3 Å². The summed E-state index contributed by atoms with van der Waals surface area (Å²) in [5, 5.41) is 2.83. The van der Waals surface area contributed by atoms with E-state index in [4.69, 9.17) is 14.5 Å². The number of nitrogens with zero attached hydrogens (tertiary/aromatic N) is 2. The molecule has 0 saturated carbocycles. The monoisotopic (exact) mass is 393 g/mol. The zero-order valence-electron chi connectivity index (χ0n) is 16.4. The van der Waals surface area contributed by atoms with Gasteiger partial charge in [-0.25, -0.2) is 9.78 Å². The summed E-state index contributed by atoms with van der Waals surface area (Å²) in [4.78, 5) is 30.6. The van der Waals surface area contributed by atoms with Crippen LogP contribution in [0.3, 0.4) is 0 Å². The molecule has 3 aliphatic rings. The molecule has 0 radical (unpaired) electrons. The van der Waals surface area contributed by atoms with E-state index in [-0.39, 0.29) is 18.0 Å². The normalized spacial score (nSPS) is 18.7. The minimum Gasteiger partial charge on any atom is -0.490 e. The van der Waals surface area contributed by atoms with Gasteiger partial charge in [0.2, 0.25) is 0 Å². The maximum absolute atomic E-state index is 11.8. The van der Waals surface area contributed by atoms with E-state index >= 15 is 0 Å². The van der Waals surface area contributed by atoms with Crippen LogP contribution in [-0.2, 0) is 17.7 Å². The molecule has 3 aliphatic heterocycles. The Morgan fingerprint density at radius 1 is 1.17 bits per heavy atom. The molecule has 7 heteroatoms. The molecule has 1 aromatic carbocycles. The van der Waals surface area contributed by atoms with E-state index in [1.54, 1.807) is 6.07 Å². The van der Waals surface area contributed by atoms with Crippen molar-refractivity contribution in [3.8, 4) is 5.75 Å². The molecular weight excluding hydrogens is 370 g/mol. The highest BCUT2D eigenvalue weighted by atomic mass is 16.5. The van der Waals surface area contributed by atoms with Gasteiger partial charge in [0, 0.05) is 32.4 Å². The molecule has 1 fully saturated rings. The number of carbonyl (C=O) groups is 2. The second-order valence-electron chi connectivity index (χ2n) is 7.81. The predicted octanol–water partition coefficient (Wildman–Crippen LogP) is 2.39. The van der Waals surface area contributed by atoms with Crippen LogP contribution in [0.2, 0.25) is 0 Å². The van der Waals surface area contributed by atoms with Crippen molar-refractivity contribution in [1.82, 2.24) is 10.3 Å². The fraction of sp³-hybridized carbons (Fsp3) is 0.409. The maximum atomic E-state index is 11.8. The number of fused-ring (bicyclic) bond motifs is 2. The third kappa shape index (κ3) is 3.30. The number of rotatable bonds is 3. The Hall–Kier alpha value is -3.09. The molecule has 0 unspecified atom stereocenters.